The number of nitrogens with zero attached hydrogens (tertiary/aromatic N) is 2. The molecule has 28 heavy (non-hydrogen) atoms. The number of hydrogen-bond donors (Lipinski definition) is 1. The van der Waals surface area contributed by atoms with Crippen LogP contribution in [0, 0.1) is 5.82 Å². The van der Waals surface area contributed by atoms with Crippen LogP contribution < -0.4 is 16.2 Å². The van der Waals surface area contributed by atoms with E-state index in [0.717, 1.165) is 0 Å². The first kappa shape index (κ1) is 19.0. The van der Waals surface area contributed by atoms with Gasteiger partial charge in [0.05, 0.1) is 11.3 Å². The number of hydrogen-bond acceptors (Lipinski definition) is 4. The van der Waals surface area contributed by atoms with Gasteiger partial charge in [0.1, 0.15) is 11.6 Å². The van der Waals surface area contributed by atoms with Gasteiger partial charge in [-0.1, -0.05) is 0 Å². The van der Waals surface area contributed by atoms with E-state index in [2.05, 4.69) is 0 Å². The van der Waals surface area contributed by atoms with Gasteiger partial charge in [-0.15, -0.1) is 0 Å². The lowest BCUT2D eigenvalue weighted by molar-refractivity contribution is -0.116. The molecular formula is C21H18FN3O3. The molecule has 7 heteroatoms. The summed E-state index contributed by atoms with van der Waals surface area (Å²) in [6.45, 7) is 1.45. The molecule has 0 spiro atoms. The van der Waals surface area contributed by atoms with Gasteiger partial charge in [-0.3, -0.25) is 19.0 Å². The monoisotopic (exact) mass is 379 g/mol. The summed E-state index contributed by atoms with van der Waals surface area (Å²) in [5.74, 6) is -1.02. The Kier molecular flexibility index (Phi) is 5.08. The Bertz CT molecular complexity index is 1100. The molecule has 6 nitrogen and oxygen atoms in total. The second kappa shape index (κ2) is 7.48. The van der Waals surface area contributed by atoms with Gasteiger partial charge in [0.25, 0.3) is 5.56 Å². The lowest BCUT2D eigenvalue weighted by Crippen LogP contribution is -2.24. The zero-order chi connectivity index (χ0) is 20.4. The maximum atomic E-state index is 13.1. The van der Waals surface area contributed by atoms with E-state index in [1.807, 2.05) is 0 Å². The van der Waals surface area contributed by atoms with Crippen LogP contribution in [0.15, 0.2) is 65.5 Å². The van der Waals surface area contributed by atoms with E-state index in [1.54, 1.807) is 31.3 Å². The van der Waals surface area contributed by atoms with E-state index in [0.29, 0.717) is 11.4 Å². The van der Waals surface area contributed by atoms with Crippen LogP contribution in [0.25, 0.3) is 5.69 Å². The molecule has 0 aliphatic rings. The fraction of sp³-hybridized carbons (Fsp3) is 0.0952. The van der Waals surface area contributed by atoms with Crippen molar-refractivity contribution < 1.29 is 14.0 Å². The Morgan fingerprint density at radius 3 is 2.14 bits per heavy atom. The molecule has 0 fully saturated rings. The van der Waals surface area contributed by atoms with Crippen molar-refractivity contribution in [3.8, 4) is 5.69 Å². The maximum absolute atomic E-state index is 13.1. The molecule has 0 saturated carbocycles. The first-order chi connectivity index (χ1) is 13.3. The number of benzene rings is 2. The molecule has 2 aromatic carbocycles. The third-order valence-corrected chi connectivity index (χ3v) is 4.45. The number of carbonyl (C=O) groups is 2. The quantitative estimate of drug-likeness (QED) is 0.707. The van der Waals surface area contributed by atoms with Gasteiger partial charge in [0, 0.05) is 31.3 Å². The summed E-state index contributed by atoms with van der Waals surface area (Å²) in [6, 6.07) is 14.3. The van der Waals surface area contributed by atoms with Crippen LogP contribution in [0.3, 0.4) is 0 Å². The van der Waals surface area contributed by atoms with Crippen molar-refractivity contribution >= 4 is 23.2 Å². The Labute approximate surface area is 160 Å². The fourth-order valence-corrected chi connectivity index (χ4v) is 2.78. The summed E-state index contributed by atoms with van der Waals surface area (Å²) in [4.78, 5) is 38.0. The van der Waals surface area contributed by atoms with Gasteiger partial charge >= 0.3 is 0 Å². The SMILES string of the molecule is CC(=O)N(C)c1ccc(-n2c(N)c(C(=O)c3ccc(F)cc3)ccc2=O)cc1. The van der Waals surface area contributed by atoms with Gasteiger partial charge in [0.15, 0.2) is 5.78 Å². The summed E-state index contributed by atoms with van der Waals surface area (Å²) in [6.07, 6.45) is 0. The Balaban J connectivity index is 2.04. The number of anilines is 2. The fourth-order valence-electron chi connectivity index (χ4n) is 2.78. The van der Waals surface area contributed by atoms with Gasteiger partial charge in [-0.05, 0) is 54.6 Å². The molecule has 0 aliphatic heterocycles. The Morgan fingerprint density at radius 2 is 1.57 bits per heavy atom. The van der Waals surface area contributed by atoms with E-state index in [4.69, 9.17) is 5.73 Å². The van der Waals surface area contributed by atoms with Crippen molar-refractivity contribution in [1.29, 1.82) is 0 Å². The number of rotatable bonds is 4. The third-order valence-electron chi connectivity index (χ3n) is 4.45. The standard InChI is InChI=1S/C21H18FN3O3/c1-13(26)24(2)16-7-9-17(10-8-16)25-19(27)12-11-18(21(25)23)20(28)14-3-5-15(22)6-4-14/h3-12H,23H2,1-2H3. The van der Waals surface area contributed by atoms with Gasteiger partial charge in [0.2, 0.25) is 5.91 Å². The average Bonchev–Trinajstić information content (AvgIpc) is 2.68. The number of halogens is 1. The van der Waals surface area contributed by atoms with E-state index in [9.17, 15) is 18.8 Å². The highest BCUT2D eigenvalue weighted by Crippen LogP contribution is 2.21. The number of ketones is 1. The molecular weight excluding hydrogens is 361 g/mol. The number of aromatic nitrogens is 1. The van der Waals surface area contributed by atoms with Crippen LogP contribution in [0.1, 0.15) is 22.8 Å². The highest BCUT2D eigenvalue weighted by Gasteiger charge is 2.17. The number of nitrogens with two attached hydrogens (primary N) is 1. The summed E-state index contributed by atoms with van der Waals surface area (Å²) < 4.78 is 14.3. The molecule has 1 heterocycles. The second-order valence-electron chi connectivity index (χ2n) is 6.24. The Morgan fingerprint density at radius 1 is 0.964 bits per heavy atom. The molecule has 0 radical (unpaired) electrons. The number of pyridine rings is 1. The third kappa shape index (κ3) is 3.55. The minimum atomic E-state index is -0.454. The molecule has 0 aliphatic carbocycles. The van der Waals surface area contributed by atoms with Crippen molar-refractivity contribution in [2.45, 2.75) is 6.92 Å². The molecule has 1 amide bonds. The highest BCUT2D eigenvalue weighted by atomic mass is 19.1. The number of nitrogen functional groups attached to an aromatic ring is 1. The van der Waals surface area contributed by atoms with Gasteiger partial charge < -0.3 is 10.6 Å². The number of carbonyl (C=O) groups excluding carboxylic acids is 2. The second-order valence-corrected chi connectivity index (χ2v) is 6.24. The molecule has 0 saturated heterocycles. The lowest BCUT2D eigenvalue weighted by atomic mass is 10.0. The normalized spacial score (nSPS) is 10.5. The van der Waals surface area contributed by atoms with Crippen molar-refractivity contribution in [3.05, 3.63) is 88.0 Å². The van der Waals surface area contributed by atoms with E-state index in [-0.39, 0.29) is 22.9 Å². The average molecular weight is 379 g/mol. The van der Waals surface area contributed by atoms with Crippen LogP contribution >= 0.6 is 0 Å². The predicted molar refractivity (Wildman–Crippen MR) is 105 cm³/mol. The first-order valence-corrected chi connectivity index (χ1v) is 8.46. The molecule has 3 aromatic rings. The summed E-state index contributed by atoms with van der Waals surface area (Å²) >= 11 is 0. The molecule has 142 valence electrons. The highest BCUT2D eigenvalue weighted by molar-refractivity contribution is 6.11. The molecule has 2 N–H and O–H groups in total. The van der Waals surface area contributed by atoms with E-state index in [1.165, 1.54) is 52.8 Å². The van der Waals surface area contributed by atoms with Crippen LogP contribution in [-0.2, 0) is 4.79 Å². The van der Waals surface area contributed by atoms with Crippen LogP contribution in [0.5, 0.6) is 0 Å². The largest absolute Gasteiger partial charge is 0.384 e. The van der Waals surface area contributed by atoms with Crippen molar-refractivity contribution in [1.82, 2.24) is 4.57 Å². The molecule has 1 aromatic heterocycles. The van der Waals surface area contributed by atoms with Crippen molar-refractivity contribution in [2.24, 2.45) is 0 Å². The van der Waals surface area contributed by atoms with Crippen molar-refractivity contribution in [3.63, 3.8) is 0 Å². The summed E-state index contributed by atoms with van der Waals surface area (Å²) in [7, 11) is 1.64. The minimum Gasteiger partial charge on any atom is -0.384 e. The predicted octanol–water partition coefficient (Wildman–Crippen LogP) is 2.77. The molecule has 3 rings (SSSR count). The van der Waals surface area contributed by atoms with Crippen molar-refractivity contribution in [2.75, 3.05) is 17.7 Å². The van der Waals surface area contributed by atoms with E-state index >= 15 is 0 Å². The smallest absolute Gasteiger partial charge is 0.256 e. The number of amides is 1. The molecule has 0 bridgehead atoms. The van der Waals surface area contributed by atoms with E-state index < -0.39 is 17.2 Å². The Hall–Kier alpha value is -3.74. The molecule has 0 atom stereocenters. The summed E-state index contributed by atoms with van der Waals surface area (Å²) in [5.41, 5.74) is 7.24. The zero-order valence-electron chi connectivity index (χ0n) is 15.3. The molecule has 0 unspecified atom stereocenters. The van der Waals surface area contributed by atoms with Crippen LogP contribution in [0.4, 0.5) is 15.9 Å². The zero-order valence-corrected chi connectivity index (χ0v) is 15.3. The summed E-state index contributed by atoms with van der Waals surface area (Å²) in [5, 5.41) is 0. The first-order valence-electron chi connectivity index (χ1n) is 8.46. The maximum Gasteiger partial charge on any atom is 0.256 e. The topological polar surface area (TPSA) is 85.4 Å². The van der Waals surface area contributed by atoms with Crippen LogP contribution in [0.2, 0.25) is 0 Å². The lowest BCUT2D eigenvalue weighted by Gasteiger charge is -2.17. The van der Waals surface area contributed by atoms with Crippen LogP contribution in [-0.4, -0.2) is 23.3 Å². The van der Waals surface area contributed by atoms with Gasteiger partial charge in [-0.25, -0.2) is 4.39 Å². The minimum absolute atomic E-state index is 0.0190. The van der Waals surface area contributed by atoms with Gasteiger partial charge in [-0.2, -0.15) is 0 Å².